The van der Waals surface area contributed by atoms with E-state index in [-0.39, 0.29) is 0 Å². The summed E-state index contributed by atoms with van der Waals surface area (Å²) in [5, 5.41) is 18.5. The number of nitrogens with zero attached hydrogens (tertiary/aromatic N) is 3. The fourth-order valence-corrected chi connectivity index (χ4v) is 2.56. The van der Waals surface area contributed by atoms with Crippen molar-refractivity contribution in [3.05, 3.63) is 53.9 Å². The topological polar surface area (TPSA) is 60.5 Å². The van der Waals surface area contributed by atoms with Gasteiger partial charge >= 0.3 is 0 Å². The van der Waals surface area contributed by atoms with E-state index >= 15 is 0 Å². The Morgan fingerprint density at radius 3 is 2.47 bits per heavy atom. The van der Waals surface area contributed by atoms with Gasteiger partial charge in [0.1, 0.15) is 0 Å². The van der Waals surface area contributed by atoms with E-state index in [1.165, 1.54) is 0 Å². The van der Waals surface area contributed by atoms with Gasteiger partial charge in [-0.05, 0) is 30.0 Å². The fourth-order valence-electron chi connectivity index (χ4n) is 2.56. The molecule has 0 N–H and O–H groups in total. The third kappa shape index (κ3) is 1.68. The molecule has 0 unspecified atom stereocenters. The molecule has 0 atom stereocenters. The summed E-state index contributed by atoms with van der Waals surface area (Å²) < 4.78 is 0. The SMILES string of the molecule is N#CC1(C#N)CCc2cc(-c3ccccc3)cnc21. The van der Waals surface area contributed by atoms with Gasteiger partial charge < -0.3 is 0 Å². The van der Waals surface area contributed by atoms with Crippen LogP contribution in [0.1, 0.15) is 17.7 Å². The lowest BCUT2D eigenvalue weighted by Crippen LogP contribution is -2.19. The number of fused-ring (bicyclic) bond motifs is 1. The number of nitriles is 2. The number of hydrogen-bond donors (Lipinski definition) is 0. The zero-order valence-electron chi connectivity index (χ0n) is 10.3. The van der Waals surface area contributed by atoms with E-state index in [1.54, 1.807) is 6.20 Å². The van der Waals surface area contributed by atoms with E-state index in [9.17, 15) is 10.5 Å². The van der Waals surface area contributed by atoms with Crippen molar-refractivity contribution in [1.82, 2.24) is 4.98 Å². The van der Waals surface area contributed by atoms with Gasteiger partial charge in [-0.3, -0.25) is 4.98 Å². The molecule has 1 heterocycles. The predicted octanol–water partition coefficient (Wildman–Crippen LogP) is 2.98. The Bertz CT molecular complexity index is 691. The van der Waals surface area contributed by atoms with Crippen molar-refractivity contribution in [2.75, 3.05) is 0 Å². The van der Waals surface area contributed by atoms with Gasteiger partial charge in [0.15, 0.2) is 5.41 Å². The molecule has 0 saturated carbocycles. The van der Waals surface area contributed by atoms with Crippen molar-refractivity contribution >= 4 is 0 Å². The quantitative estimate of drug-likeness (QED) is 0.776. The largest absolute Gasteiger partial charge is 0.258 e. The maximum Gasteiger partial charge on any atom is 0.185 e. The van der Waals surface area contributed by atoms with Crippen molar-refractivity contribution in [3.63, 3.8) is 0 Å². The highest BCUT2D eigenvalue weighted by molar-refractivity contribution is 5.64. The molecule has 0 radical (unpaired) electrons. The van der Waals surface area contributed by atoms with Crippen LogP contribution in [0.3, 0.4) is 0 Å². The molecule has 3 rings (SSSR count). The first kappa shape index (κ1) is 11.4. The zero-order valence-corrected chi connectivity index (χ0v) is 10.3. The lowest BCUT2D eigenvalue weighted by Gasteiger charge is -2.11. The molecule has 19 heavy (non-hydrogen) atoms. The highest BCUT2D eigenvalue weighted by Gasteiger charge is 2.41. The molecule has 0 saturated heterocycles. The Balaban J connectivity index is 2.10. The van der Waals surface area contributed by atoms with Gasteiger partial charge in [-0.1, -0.05) is 30.3 Å². The molecule has 3 heteroatoms. The van der Waals surface area contributed by atoms with E-state index in [4.69, 9.17) is 0 Å². The summed E-state index contributed by atoms with van der Waals surface area (Å²) in [6.07, 6.45) is 3.04. The third-order valence-corrected chi connectivity index (χ3v) is 3.63. The van der Waals surface area contributed by atoms with Crippen molar-refractivity contribution in [3.8, 4) is 23.3 Å². The fraction of sp³-hybridized carbons (Fsp3) is 0.188. The Hall–Kier alpha value is -2.65. The second-order valence-electron chi connectivity index (χ2n) is 4.73. The van der Waals surface area contributed by atoms with Crippen molar-refractivity contribution < 1.29 is 0 Å². The molecule has 1 aromatic carbocycles. The molecule has 0 aliphatic heterocycles. The van der Waals surface area contributed by atoms with Crippen LogP contribution in [0.25, 0.3) is 11.1 Å². The number of aryl methyl sites for hydroxylation is 1. The van der Waals surface area contributed by atoms with Crippen LogP contribution in [0.2, 0.25) is 0 Å². The maximum atomic E-state index is 9.24. The minimum Gasteiger partial charge on any atom is -0.258 e. The van der Waals surface area contributed by atoms with Crippen LogP contribution in [-0.4, -0.2) is 4.98 Å². The number of aromatic nitrogens is 1. The average Bonchev–Trinajstić information content (AvgIpc) is 2.86. The van der Waals surface area contributed by atoms with Crippen LogP contribution in [0.4, 0.5) is 0 Å². The summed E-state index contributed by atoms with van der Waals surface area (Å²) in [4.78, 5) is 4.39. The molecule has 0 spiro atoms. The first-order chi connectivity index (χ1) is 9.29. The number of rotatable bonds is 1. The number of benzene rings is 1. The minimum absolute atomic E-state index is 0.542. The number of hydrogen-bond acceptors (Lipinski definition) is 3. The molecule has 1 aliphatic carbocycles. The molecule has 90 valence electrons. The summed E-state index contributed by atoms with van der Waals surface area (Å²) in [7, 11) is 0. The van der Waals surface area contributed by atoms with Gasteiger partial charge in [0.25, 0.3) is 0 Å². The molecule has 1 aliphatic rings. The maximum absolute atomic E-state index is 9.24. The summed E-state index contributed by atoms with van der Waals surface area (Å²) >= 11 is 0. The highest BCUT2D eigenvalue weighted by Crippen LogP contribution is 2.38. The predicted molar refractivity (Wildman–Crippen MR) is 70.9 cm³/mol. The Kier molecular flexibility index (Phi) is 2.54. The lowest BCUT2D eigenvalue weighted by molar-refractivity contribution is 0.672. The highest BCUT2D eigenvalue weighted by atomic mass is 14.7. The third-order valence-electron chi connectivity index (χ3n) is 3.63. The molecule has 1 aromatic heterocycles. The Morgan fingerprint density at radius 1 is 1.05 bits per heavy atom. The first-order valence-corrected chi connectivity index (χ1v) is 6.16. The first-order valence-electron chi connectivity index (χ1n) is 6.16. The van der Waals surface area contributed by atoms with Crippen LogP contribution < -0.4 is 0 Å². The molecule has 0 amide bonds. The smallest absolute Gasteiger partial charge is 0.185 e. The lowest BCUT2D eigenvalue weighted by atomic mass is 9.89. The van der Waals surface area contributed by atoms with Crippen LogP contribution in [0, 0.1) is 22.7 Å². The van der Waals surface area contributed by atoms with E-state index < -0.39 is 5.41 Å². The summed E-state index contributed by atoms with van der Waals surface area (Å²) in [6.45, 7) is 0. The van der Waals surface area contributed by atoms with Crippen molar-refractivity contribution in [2.24, 2.45) is 0 Å². The minimum atomic E-state index is -1.05. The van der Waals surface area contributed by atoms with Gasteiger partial charge in [0.2, 0.25) is 0 Å². The van der Waals surface area contributed by atoms with Gasteiger partial charge in [0.05, 0.1) is 17.8 Å². The second kappa shape index (κ2) is 4.23. The van der Waals surface area contributed by atoms with E-state index in [0.29, 0.717) is 12.1 Å². The van der Waals surface area contributed by atoms with Crippen LogP contribution in [-0.2, 0) is 11.8 Å². The van der Waals surface area contributed by atoms with Crippen molar-refractivity contribution in [1.29, 1.82) is 10.5 Å². The second-order valence-corrected chi connectivity index (χ2v) is 4.73. The van der Waals surface area contributed by atoms with E-state index in [0.717, 1.165) is 23.1 Å². The summed E-state index contributed by atoms with van der Waals surface area (Å²) in [6, 6.07) is 16.3. The summed E-state index contributed by atoms with van der Waals surface area (Å²) in [5.74, 6) is 0. The van der Waals surface area contributed by atoms with Crippen molar-refractivity contribution in [2.45, 2.75) is 18.3 Å². The molecule has 3 nitrogen and oxygen atoms in total. The Labute approximate surface area is 111 Å². The van der Waals surface area contributed by atoms with Gasteiger partial charge in [-0.15, -0.1) is 0 Å². The Morgan fingerprint density at radius 2 is 1.79 bits per heavy atom. The van der Waals surface area contributed by atoms with Crippen LogP contribution >= 0.6 is 0 Å². The standard InChI is InChI=1S/C16H11N3/c17-10-16(11-18)7-6-13-8-14(9-19-15(13)16)12-4-2-1-3-5-12/h1-5,8-9H,6-7H2. The molecular formula is C16H11N3. The van der Waals surface area contributed by atoms with Gasteiger partial charge in [-0.2, -0.15) is 10.5 Å². The summed E-state index contributed by atoms with van der Waals surface area (Å²) in [5.41, 5.74) is 2.74. The molecule has 0 fully saturated rings. The van der Waals surface area contributed by atoms with E-state index in [1.807, 2.05) is 36.4 Å². The normalized spacial score (nSPS) is 15.3. The molecule has 0 bridgehead atoms. The number of pyridine rings is 1. The molecule has 2 aromatic rings. The van der Waals surface area contributed by atoms with Crippen LogP contribution in [0.15, 0.2) is 42.6 Å². The monoisotopic (exact) mass is 245 g/mol. The van der Waals surface area contributed by atoms with Gasteiger partial charge in [0, 0.05) is 11.8 Å². The van der Waals surface area contributed by atoms with Gasteiger partial charge in [-0.25, -0.2) is 0 Å². The molecular weight excluding hydrogens is 234 g/mol. The zero-order chi connectivity index (χ0) is 13.3. The van der Waals surface area contributed by atoms with E-state index in [2.05, 4.69) is 17.1 Å². The van der Waals surface area contributed by atoms with Crippen LogP contribution in [0.5, 0.6) is 0 Å². The average molecular weight is 245 g/mol.